The second-order valence-electron chi connectivity index (χ2n) is 8.01. The summed E-state index contributed by atoms with van der Waals surface area (Å²) < 4.78 is 0. The second-order valence-corrected chi connectivity index (χ2v) is 8.01. The van der Waals surface area contributed by atoms with Crippen molar-refractivity contribution in [3.8, 4) is 0 Å². The molecule has 0 spiro atoms. The molecule has 26 heavy (non-hydrogen) atoms. The predicted octanol–water partition coefficient (Wildman–Crippen LogP) is 7.05. The molecule has 2 nitrogen and oxygen atoms in total. The number of aryl methyl sites for hydroxylation is 2. The Bertz CT molecular complexity index is 692. The lowest BCUT2D eigenvalue weighted by Crippen LogP contribution is -2.25. The summed E-state index contributed by atoms with van der Waals surface area (Å²) in [7, 11) is 0. The summed E-state index contributed by atoms with van der Waals surface area (Å²) in [4.78, 5) is 5.07. The van der Waals surface area contributed by atoms with Crippen molar-refractivity contribution in [2.45, 2.75) is 96.9 Å². The predicted molar refractivity (Wildman–Crippen MR) is 114 cm³/mol. The molecule has 1 atom stereocenters. The highest BCUT2D eigenvalue weighted by Gasteiger charge is 2.20. The van der Waals surface area contributed by atoms with E-state index in [9.17, 15) is 0 Å². The quantitative estimate of drug-likeness (QED) is 0.463. The molecule has 2 aromatic rings. The van der Waals surface area contributed by atoms with Gasteiger partial charge in [-0.05, 0) is 43.7 Å². The van der Waals surface area contributed by atoms with Gasteiger partial charge in [-0.2, -0.15) is 0 Å². The Morgan fingerprint density at radius 1 is 0.923 bits per heavy atom. The van der Waals surface area contributed by atoms with Crippen LogP contribution in [0.25, 0.3) is 10.9 Å². The van der Waals surface area contributed by atoms with Crippen LogP contribution in [-0.4, -0.2) is 11.0 Å². The van der Waals surface area contributed by atoms with Crippen molar-refractivity contribution in [1.82, 2.24) is 4.98 Å². The van der Waals surface area contributed by atoms with Gasteiger partial charge in [0.05, 0.1) is 11.2 Å². The SMILES string of the molecule is CCCCCCc1ccc2ccc3c(c2n1)N[C@H](CCCCCC)CC3. The zero-order chi connectivity index (χ0) is 18.2. The number of nitrogens with zero attached hydrogens (tertiary/aromatic N) is 1. The van der Waals surface area contributed by atoms with Crippen molar-refractivity contribution in [3.05, 3.63) is 35.5 Å². The number of anilines is 1. The third-order valence-electron chi connectivity index (χ3n) is 5.81. The van der Waals surface area contributed by atoms with E-state index in [4.69, 9.17) is 4.98 Å². The Kier molecular flexibility index (Phi) is 7.34. The van der Waals surface area contributed by atoms with E-state index >= 15 is 0 Å². The Balaban J connectivity index is 1.71. The normalized spacial score (nSPS) is 16.5. The molecule has 0 bridgehead atoms. The molecule has 0 radical (unpaired) electrons. The second kappa shape index (κ2) is 9.94. The first-order valence-electron chi connectivity index (χ1n) is 11.0. The Hall–Kier alpha value is -1.57. The molecule has 142 valence electrons. The summed E-state index contributed by atoms with van der Waals surface area (Å²) in [6, 6.07) is 9.68. The Labute approximate surface area is 159 Å². The molecular weight excluding hydrogens is 316 g/mol. The van der Waals surface area contributed by atoms with Gasteiger partial charge in [-0.3, -0.25) is 4.98 Å². The van der Waals surface area contributed by atoms with Crippen LogP contribution in [0.2, 0.25) is 0 Å². The van der Waals surface area contributed by atoms with Crippen LogP contribution in [0.4, 0.5) is 5.69 Å². The minimum Gasteiger partial charge on any atom is -0.380 e. The first-order chi connectivity index (χ1) is 12.8. The molecule has 0 fully saturated rings. The molecule has 2 heterocycles. The number of fused-ring (bicyclic) bond motifs is 3. The van der Waals surface area contributed by atoms with Crippen molar-refractivity contribution >= 4 is 16.6 Å². The third-order valence-corrected chi connectivity index (χ3v) is 5.81. The minimum atomic E-state index is 0.625. The van der Waals surface area contributed by atoms with Gasteiger partial charge >= 0.3 is 0 Å². The van der Waals surface area contributed by atoms with Gasteiger partial charge in [0.25, 0.3) is 0 Å². The van der Waals surface area contributed by atoms with Gasteiger partial charge < -0.3 is 5.32 Å². The van der Waals surface area contributed by atoms with E-state index in [1.54, 1.807) is 0 Å². The fourth-order valence-electron chi connectivity index (χ4n) is 4.15. The lowest BCUT2D eigenvalue weighted by atomic mass is 9.93. The Morgan fingerprint density at radius 3 is 2.50 bits per heavy atom. The molecule has 0 saturated heterocycles. The average Bonchev–Trinajstić information content (AvgIpc) is 2.68. The monoisotopic (exact) mass is 352 g/mol. The number of benzene rings is 1. The summed E-state index contributed by atoms with van der Waals surface area (Å²) in [5, 5.41) is 5.14. The molecule has 0 saturated carbocycles. The van der Waals surface area contributed by atoms with E-state index < -0.39 is 0 Å². The van der Waals surface area contributed by atoms with Crippen LogP contribution in [0.1, 0.15) is 89.3 Å². The standard InChI is InChI=1S/C24H36N2/c1-3-5-7-9-11-21-17-15-19-13-14-20-16-18-22(12-10-8-6-4-2)26-24(20)23(19)25-21/h13-15,17,22,26H,3-12,16,18H2,1-2H3/t22-/m1/s1. The number of aromatic nitrogens is 1. The van der Waals surface area contributed by atoms with E-state index in [0.717, 1.165) is 6.42 Å². The first-order valence-corrected chi connectivity index (χ1v) is 11.0. The number of nitrogens with one attached hydrogen (secondary N) is 1. The van der Waals surface area contributed by atoms with Gasteiger partial charge in [0.15, 0.2) is 0 Å². The fourth-order valence-corrected chi connectivity index (χ4v) is 4.15. The zero-order valence-electron chi connectivity index (χ0n) is 16.8. The number of hydrogen-bond donors (Lipinski definition) is 1. The molecule has 3 rings (SSSR count). The summed E-state index contributed by atoms with van der Waals surface area (Å²) >= 11 is 0. The van der Waals surface area contributed by atoms with Gasteiger partial charge in [-0.15, -0.1) is 0 Å². The number of rotatable bonds is 10. The topological polar surface area (TPSA) is 24.9 Å². The van der Waals surface area contributed by atoms with Crippen molar-refractivity contribution in [2.24, 2.45) is 0 Å². The average molecular weight is 353 g/mol. The molecule has 0 aliphatic carbocycles. The lowest BCUT2D eigenvalue weighted by Gasteiger charge is -2.28. The summed E-state index contributed by atoms with van der Waals surface area (Å²) in [6.07, 6.45) is 15.5. The van der Waals surface area contributed by atoms with Gasteiger partial charge in [-0.25, -0.2) is 0 Å². The number of hydrogen-bond acceptors (Lipinski definition) is 2. The highest BCUT2D eigenvalue weighted by Crippen LogP contribution is 2.33. The van der Waals surface area contributed by atoms with Gasteiger partial charge in [-0.1, -0.05) is 77.0 Å². The van der Waals surface area contributed by atoms with Crippen molar-refractivity contribution < 1.29 is 0 Å². The lowest BCUT2D eigenvalue weighted by molar-refractivity contribution is 0.536. The summed E-state index contributed by atoms with van der Waals surface area (Å²) in [5.74, 6) is 0. The number of pyridine rings is 1. The highest BCUT2D eigenvalue weighted by atomic mass is 14.9. The minimum absolute atomic E-state index is 0.625. The fraction of sp³-hybridized carbons (Fsp3) is 0.625. The summed E-state index contributed by atoms with van der Waals surface area (Å²) in [5.41, 5.74) is 5.24. The smallest absolute Gasteiger partial charge is 0.0939 e. The van der Waals surface area contributed by atoms with E-state index in [0.29, 0.717) is 6.04 Å². The van der Waals surface area contributed by atoms with E-state index in [1.165, 1.54) is 98.5 Å². The molecule has 1 aromatic carbocycles. The van der Waals surface area contributed by atoms with Gasteiger partial charge in [0, 0.05) is 17.1 Å². The largest absolute Gasteiger partial charge is 0.380 e. The van der Waals surface area contributed by atoms with Crippen LogP contribution in [0, 0.1) is 0 Å². The van der Waals surface area contributed by atoms with Crippen LogP contribution in [0.15, 0.2) is 24.3 Å². The molecule has 2 heteroatoms. The Morgan fingerprint density at radius 2 is 1.69 bits per heavy atom. The van der Waals surface area contributed by atoms with E-state index in [1.807, 2.05) is 0 Å². The van der Waals surface area contributed by atoms with Crippen molar-refractivity contribution in [1.29, 1.82) is 0 Å². The van der Waals surface area contributed by atoms with Crippen molar-refractivity contribution in [3.63, 3.8) is 0 Å². The highest BCUT2D eigenvalue weighted by molar-refractivity contribution is 5.92. The molecule has 1 aliphatic rings. The van der Waals surface area contributed by atoms with Crippen molar-refractivity contribution in [2.75, 3.05) is 5.32 Å². The van der Waals surface area contributed by atoms with Crippen LogP contribution in [0.5, 0.6) is 0 Å². The first kappa shape index (κ1) is 19.2. The maximum Gasteiger partial charge on any atom is 0.0939 e. The third kappa shape index (κ3) is 4.99. The number of unbranched alkanes of at least 4 members (excludes halogenated alkanes) is 6. The van der Waals surface area contributed by atoms with Gasteiger partial charge in [0.1, 0.15) is 0 Å². The van der Waals surface area contributed by atoms with Gasteiger partial charge in [0.2, 0.25) is 0 Å². The summed E-state index contributed by atoms with van der Waals surface area (Å²) in [6.45, 7) is 4.55. The molecule has 0 unspecified atom stereocenters. The molecule has 1 aromatic heterocycles. The van der Waals surface area contributed by atoms with Crippen LogP contribution < -0.4 is 5.32 Å². The molecule has 1 aliphatic heterocycles. The van der Waals surface area contributed by atoms with E-state index in [-0.39, 0.29) is 0 Å². The zero-order valence-corrected chi connectivity index (χ0v) is 16.8. The molecular formula is C24H36N2. The van der Waals surface area contributed by atoms with Crippen LogP contribution in [0.3, 0.4) is 0 Å². The van der Waals surface area contributed by atoms with E-state index in [2.05, 4.69) is 43.4 Å². The maximum absolute atomic E-state index is 5.07. The maximum atomic E-state index is 5.07. The van der Waals surface area contributed by atoms with Crippen LogP contribution >= 0.6 is 0 Å². The molecule has 0 amide bonds. The molecule has 1 N–H and O–H groups in total. The van der Waals surface area contributed by atoms with Crippen LogP contribution in [-0.2, 0) is 12.8 Å².